The lowest BCUT2D eigenvalue weighted by Gasteiger charge is -2.11. The van der Waals surface area contributed by atoms with Crippen LogP contribution < -0.4 is 16.6 Å². The van der Waals surface area contributed by atoms with E-state index < -0.39 is 11.7 Å². The van der Waals surface area contributed by atoms with Crippen LogP contribution in [0, 0.1) is 11.7 Å². The van der Waals surface area contributed by atoms with Gasteiger partial charge in [0.25, 0.3) is 11.5 Å². The highest BCUT2D eigenvalue weighted by Crippen LogP contribution is 2.17. The first-order valence-corrected chi connectivity index (χ1v) is 9.31. The number of nitrogen functional groups attached to an aromatic ring is 1. The fourth-order valence-electron chi connectivity index (χ4n) is 3.00. The van der Waals surface area contributed by atoms with Crippen LogP contribution in [-0.2, 0) is 12.8 Å². The van der Waals surface area contributed by atoms with Gasteiger partial charge < -0.3 is 16.0 Å². The molecule has 0 bridgehead atoms. The molecule has 5 N–H and O–H groups in total. The van der Waals surface area contributed by atoms with Gasteiger partial charge in [0.15, 0.2) is 0 Å². The molecule has 1 amide bonds. The molecule has 2 heterocycles. The van der Waals surface area contributed by atoms with Gasteiger partial charge in [0.1, 0.15) is 11.5 Å². The number of anilines is 1. The van der Waals surface area contributed by atoms with Crippen molar-refractivity contribution in [1.29, 1.82) is 0 Å². The number of benzene rings is 1. The minimum Gasteiger partial charge on any atom is -0.369 e. The maximum atomic E-state index is 14.4. The number of aryl methyl sites for hydroxylation is 2. The Morgan fingerprint density at radius 2 is 2.14 bits per heavy atom. The van der Waals surface area contributed by atoms with Crippen LogP contribution in [0.2, 0.25) is 0 Å². The molecule has 1 unspecified atom stereocenters. The largest absolute Gasteiger partial charge is 0.369 e. The monoisotopic (exact) mass is 385 g/mol. The van der Waals surface area contributed by atoms with E-state index in [2.05, 4.69) is 20.3 Å². The molecule has 0 aliphatic carbocycles. The summed E-state index contributed by atoms with van der Waals surface area (Å²) in [5.41, 5.74) is 7.21. The van der Waals surface area contributed by atoms with Gasteiger partial charge in [-0.3, -0.25) is 14.6 Å². The van der Waals surface area contributed by atoms with Crippen molar-refractivity contribution in [2.75, 3.05) is 12.3 Å². The summed E-state index contributed by atoms with van der Waals surface area (Å²) in [6.45, 7) is 4.59. The Morgan fingerprint density at radius 1 is 1.36 bits per heavy atom. The van der Waals surface area contributed by atoms with Crippen LogP contribution in [0.25, 0.3) is 11.0 Å². The smallest absolute Gasteiger partial charge is 0.262 e. The van der Waals surface area contributed by atoms with Gasteiger partial charge in [-0.15, -0.1) is 0 Å². The standard InChI is InChI=1S/C20H24FN5O2/c1-3-11(2)9-24-18(27)14-7-5-12(8-15(14)21)4-6-13-10-23-17-16(13)19(28)26-20(22)25-17/h5,7-8,10-11H,3-4,6,9H2,1-2H3,(H,24,27)(H4,22,23,25,26,28). The molecule has 0 radical (unpaired) electrons. The first kappa shape index (κ1) is 19.6. The molecule has 7 nitrogen and oxygen atoms in total. The van der Waals surface area contributed by atoms with Crippen LogP contribution in [0.3, 0.4) is 0 Å². The average Bonchev–Trinajstić information content (AvgIpc) is 3.07. The summed E-state index contributed by atoms with van der Waals surface area (Å²) in [5.74, 6) is -0.563. The summed E-state index contributed by atoms with van der Waals surface area (Å²) in [6, 6.07) is 4.60. The van der Waals surface area contributed by atoms with E-state index in [9.17, 15) is 14.0 Å². The minimum absolute atomic E-state index is 0.0373. The molecule has 148 valence electrons. The Morgan fingerprint density at radius 3 is 2.86 bits per heavy atom. The fourth-order valence-corrected chi connectivity index (χ4v) is 3.00. The lowest BCUT2D eigenvalue weighted by Crippen LogP contribution is -2.28. The Kier molecular flexibility index (Phi) is 5.77. The topological polar surface area (TPSA) is 117 Å². The number of nitrogens with one attached hydrogen (secondary N) is 3. The Labute approximate surface area is 161 Å². The van der Waals surface area contributed by atoms with Crippen LogP contribution in [-0.4, -0.2) is 27.4 Å². The van der Waals surface area contributed by atoms with Crippen molar-refractivity contribution in [1.82, 2.24) is 20.3 Å². The summed E-state index contributed by atoms with van der Waals surface area (Å²) in [4.78, 5) is 33.7. The summed E-state index contributed by atoms with van der Waals surface area (Å²) in [7, 11) is 0. The van der Waals surface area contributed by atoms with Gasteiger partial charge in [-0.25, -0.2) is 4.39 Å². The highest BCUT2D eigenvalue weighted by atomic mass is 19.1. The second-order valence-corrected chi connectivity index (χ2v) is 7.03. The van der Waals surface area contributed by atoms with E-state index in [0.717, 1.165) is 17.5 Å². The van der Waals surface area contributed by atoms with Gasteiger partial charge in [0.2, 0.25) is 5.95 Å². The molecule has 3 rings (SSSR count). The number of amides is 1. The number of carbonyl (C=O) groups excluding carboxylic acids is 1. The Hall–Kier alpha value is -3.16. The molecule has 1 atom stereocenters. The zero-order valence-electron chi connectivity index (χ0n) is 15.9. The van der Waals surface area contributed by atoms with Crippen molar-refractivity contribution in [2.45, 2.75) is 33.1 Å². The molecule has 8 heteroatoms. The number of halogens is 1. The van der Waals surface area contributed by atoms with E-state index in [4.69, 9.17) is 5.73 Å². The number of nitrogens with two attached hydrogens (primary N) is 1. The van der Waals surface area contributed by atoms with Crippen molar-refractivity contribution in [3.8, 4) is 0 Å². The normalized spacial score (nSPS) is 12.2. The van der Waals surface area contributed by atoms with Crippen molar-refractivity contribution in [2.24, 2.45) is 5.92 Å². The molecular weight excluding hydrogens is 361 g/mol. The van der Waals surface area contributed by atoms with Gasteiger partial charge in [-0.1, -0.05) is 26.3 Å². The van der Waals surface area contributed by atoms with Crippen LogP contribution in [0.1, 0.15) is 41.8 Å². The van der Waals surface area contributed by atoms with Crippen LogP contribution in [0.4, 0.5) is 10.3 Å². The summed E-state index contributed by atoms with van der Waals surface area (Å²) < 4.78 is 14.4. The number of rotatable bonds is 7. The maximum Gasteiger partial charge on any atom is 0.262 e. The van der Waals surface area contributed by atoms with E-state index in [1.54, 1.807) is 12.3 Å². The summed E-state index contributed by atoms with van der Waals surface area (Å²) in [6.07, 6.45) is 3.69. The number of fused-ring (bicyclic) bond motifs is 1. The predicted molar refractivity (Wildman–Crippen MR) is 107 cm³/mol. The van der Waals surface area contributed by atoms with Gasteiger partial charge in [-0.05, 0) is 42.0 Å². The first-order chi connectivity index (χ1) is 13.4. The number of hydrogen-bond donors (Lipinski definition) is 4. The highest BCUT2D eigenvalue weighted by molar-refractivity contribution is 5.94. The maximum absolute atomic E-state index is 14.4. The molecule has 28 heavy (non-hydrogen) atoms. The SMILES string of the molecule is CCC(C)CNC(=O)c1ccc(CCc2c[nH]c3nc(N)[nH]c(=O)c23)cc1F. The molecule has 0 fully saturated rings. The zero-order chi connectivity index (χ0) is 20.3. The third-order valence-electron chi connectivity index (χ3n) is 4.91. The molecule has 0 saturated carbocycles. The summed E-state index contributed by atoms with van der Waals surface area (Å²) in [5, 5.41) is 3.21. The molecule has 3 aromatic rings. The van der Waals surface area contributed by atoms with Crippen molar-refractivity contribution in [3.63, 3.8) is 0 Å². The van der Waals surface area contributed by atoms with Gasteiger partial charge in [0.05, 0.1) is 10.9 Å². The quantitative estimate of drug-likeness (QED) is 0.500. The van der Waals surface area contributed by atoms with Crippen molar-refractivity contribution >= 4 is 22.9 Å². The lowest BCUT2D eigenvalue weighted by molar-refractivity contribution is 0.0944. The van der Waals surface area contributed by atoms with E-state index in [-0.39, 0.29) is 17.1 Å². The molecule has 1 aromatic carbocycles. The Balaban J connectivity index is 1.70. The number of nitrogens with zero attached hydrogens (tertiary/aromatic N) is 1. The van der Waals surface area contributed by atoms with E-state index in [1.165, 1.54) is 12.1 Å². The second kappa shape index (κ2) is 8.24. The number of aromatic nitrogens is 3. The highest BCUT2D eigenvalue weighted by Gasteiger charge is 2.14. The summed E-state index contributed by atoms with van der Waals surface area (Å²) >= 11 is 0. The van der Waals surface area contributed by atoms with E-state index in [1.807, 2.05) is 13.8 Å². The van der Waals surface area contributed by atoms with Gasteiger partial charge in [-0.2, -0.15) is 4.98 Å². The lowest BCUT2D eigenvalue weighted by atomic mass is 10.0. The molecule has 0 saturated heterocycles. The van der Waals surface area contributed by atoms with Gasteiger partial charge in [0, 0.05) is 12.7 Å². The predicted octanol–water partition coefficient (Wildman–Crippen LogP) is 2.53. The zero-order valence-corrected chi connectivity index (χ0v) is 15.9. The number of carbonyl (C=O) groups is 1. The van der Waals surface area contributed by atoms with Crippen LogP contribution >= 0.6 is 0 Å². The fraction of sp³-hybridized carbons (Fsp3) is 0.350. The number of aromatic amines is 2. The van der Waals surface area contributed by atoms with Crippen LogP contribution in [0.5, 0.6) is 0 Å². The van der Waals surface area contributed by atoms with Crippen LogP contribution in [0.15, 0.2) is 29.2 Å². The molecule has 0 spiro atoms. The molecule has 2 aromatic heterocycles. The third-order valence-corrected chi connectivity index (χ3v) is 4.91. The van der Waals surface area contributed by atoms with Gasteiger partial charge >= 0.3 is 0 Å². The number of hydrogen-bond acceptors (Lipinski definition) is 4. The van der Waals surface area contributed by atoms with Crippen molar-refractivity contribution in [3.05, 3.63) is 57.3 Å². The number of H-pyrrole nitrogens is 2. The minimum atomic E-state index is -0.551. The Bertz CT molecular complexity index is 1060. The molecule has 0 aliphatic heterocycles. The van der Waals surface area contributed by atoms with E-state index >= 15 is 0 Å². The second-order valence-electron chi connectivity index (χ2n) is 7.03. The van der Waals surface area contributed by atoms with E-state index in [0.29, 0.717) is 36.3 Å². The third kappa shape index (κ3) is 4.21. The average molecular weight is 385 g/mol. The first-order valence-electron chi connectivity index (χ1n) is 9.31. The molecular formula is C20H24FN5O2. The molecule has 0 aliphatic rings. The van der Waals surface area contributed by atoms with Crippen molar-refractivity contribution < 1.29 is 9.18 Å².